The number of carbonyl (C=O) groups is 2. The Morgan fingerprint density at radius 1 is 1.07 bits per heavy atom. The van der Waals surface area contributed by atoms with E-state index in [4.69, 9.17) is 4.74 Å². The summed E-state index contributed by atoms with van der Waals surface area (Å²) in [6.45, 7) is 2.84. The average Bonchev–Trinajstić information content (AvgIpc) is 3.42. The number of halogens is 2. The molecule has 3 N–H and O–H groups in total. The molecule has 13 nitrogen and oxygen atoms in total. The van der Waals surface area contributed by atoms with Crippen LogP contribution in [0, 0.1) is 0 Å². The molecule has 1 atom stereocenters. The Balaban J connectivity index is 1.15. The number of imidazole rings is 1. The van der Waals surface area contributed by atoms with Gasteiger partial charge >= 0.3 is 11.7 Å². The lowest BCUT2D eigenvalue weighted by Crippen LogP contribution is -2.57. The number of carbonyl (C=O) groups excluding carboxylic acids is 2. The normalized spacial score (nSPS) is 16.5. The summed E-state index contributed by atoms with van der Waals surface area (Å²) in [4.78, 5) is 57.2. The fourth-order valence-electron chi connectivity index (χ4n) is 6.23. The van der Waals surface area contributed by atoms with Gasteiger partial charge in [0.25, 0.3) is 0 Å². The number of urea groups is 1. The summed E-state index contributed by atoms with van der Waals surface area (Å²) in [6, 6.07) is 9.88. The number of H-pyrrole nitrogens is 1. The van der Waals surface area contributed by atoms with Gasteiger partial charge in [0.05, 0.1) is 33.3 Å². The number of amides is 3. The molecule has 0 spiro atoms. The number of benzene rings is 2. The summed E-state index contributed by atoms with van der Waals surface area (Å²) in [5, 5.41) is 13.2. The molecular weight excluding hydrogens is 724 g/mol. The monoisotopic (exact) mass is 756 g/mol. The van der Waals surface area contributed by atoms with E-state index in [1.165, 1.54) is 6.33 Å². The number of piperidine rings is 1. The number of methoxy groups -OCH3 is 1. The van der Waals surface area contributed by atoms with E-state index in [1.807, 2.05) is 24.3 Å². The zero-order valence-electron chi connectivity index (χ0n) is 25.2. The molecule has 0 aliphatic carbocycles. The minimum atomic E-state index is -0.843. The lowest BCUT2D eigenvalue weighted by atomic mass is 10.0. The van der Waals surface area contributed by atoms with Crippen LogP contribution < -0.4 is 20.6 Å². The first kappa shape index (κ1) is 31.9. The van der Waals surface area contributed by atoms with Crippen molar-refractivity contribution in [3.63, 3.8) is 0 Å². The van der Waals surface area contributed by atoms with E-state index in [1.54, 1.807) is 39.8 Å². The zero-order valence-corrected chi connectivity index (χ0v) is 28.3. The predicted octanol–water partition coefficient (Wildman–Crippen LogP) is 3.67. The van der Waals surface area contributed by atoms with Crippen LogP contribution in [-0.4, -0.2) is 98.8 Å². The molecule has 0 unspecified atom stereocenters. The smallest absolute Gasteiger partial charge is 0.326 e. The van der Waals surface area contributed by atoms with E-state index in [9.17, 15) is 19.5 Å². The van der Waals surface area contributed by atoms with Crippen LogP contribution in [0.4, 0.5) is 10.6 Å². The van der Waals surface area contributed by atoms with Crippen molar-refractivity contribution in [1.82, 2.24) is 34.6 Å². The topological polar surface area (TPSA) is 149 Å². The van der Waals surface area contributed by atoms with Gasteiger partial charge in [-0.05, 0) is 74.5 Å². The van der Waals surface area contributed by atoms with Crippen molar-refractivity contribution in [3.05, 3.63) is 73.9 Å². The molecule has 242 valence electrons. The first-order valence-electron chi connectivity index (χ1n) is 15.0. The van der Waals surface area contributed by atoms with Gasteiger partial charge in [0.15, 0.2) is 11.6 Å². The Hall–Kier alpha value is -4.11. The van der Waals surface area contributed by atoms with Crippen LogP contribution in [0.15, 0.2) is 62.7 Å². The largest absolute Gasteiger partial charge is 0.506 e. The number of hydrogen-bond acceptors (Lipinski definition) is 8. The highest BCUT2D eigenvalue weighted by Crippen LogP contribution is 2.34. The Kier molecular flexibility index (Phi) is 9.49. The number of rotatable bonds is 7. The van der Waals surface area contributed by atoms with E-state index in [0.29, 0.717) is 72.6 Å². The minimum absolute atomic E-state index is 0.0402. The fourth-order valence-corrected chi connectivity index (χ4v) is 7.51. The molecule has 2 saturated heterocycles. The first-order chi connectivity index (χ1) is 22.2. The van der Waals surface area contributed by atoms with Gasteiger partial charge in [-0.25, -0.2) is 19.6 Å². The summed E-state index contributed by atoms with van der Waals surface area (Å²) >= 11 is 6.75. The second kappa shape index (κ2) is 13.7. The van der Waals surface area contributed by atoms with E-state index in [0.717, 1.165) is 16.6 Å². The van der Waals surface area contributed by atoms with Gasteiger partial charge in [0.2, 0.25) is 5.91 Å². The van der Waals surface area contributed by atoms with Gasteiger partial charge in [-0.3, -0.25) is 9.36 Å². The molecule has 4 aromatic rings. The van der Waals surface area contributed by atoms with Gasteiger partial charge in [0.1, 0.15) is 18.1 Å². The number of phenols is 1. The molecule has 0 radical (unpaired) electrons. The number of fused-ring (bicyclic) bond motifs is 1. The number of nitrogens with one attached hydrogen (secondary N) is 2. The molecule has 15 heteroatoms. The number of phenolic OH excluding ortho intramolecular Hbond substituents is 1. The van der Waals surface area contributed by atoms with Crippen molar-refractivity contribution >= 4 is 60.6 Å². The maximum atomic E-state index is 14.0. The molecule has 2 aromatic heterocycles. The number of likely N-dealkylation sites (tertiary alicyclic amines) is 1. The number of hydrogen-bond donors (Lipinski definition) is 3. The number of nitrogens with zero attached hydrogens (tertiary/aromatic N) is 6. The standard InChI is InChI=1S/C31H34Br2N8O5/c1-46-26-17-34-18-35-28(26)38-10-12-39(13-11-38)29(43)24(16-19-14-21(32)27(42)22(33)15-19)37-30(44)40-8-6-20(7-9-40)41-25-5-3-2-4-23(25)36-31(41)45/h2-5,14-15,17-18,20,24,42H,6-13,16H2,1H3,(H,36,45)(H,37,44)/t24-/m1/s1. The van der Waals surface area contributed by atoms with Gasteiger partial charge in [-0.2, -0.15) is 0 Å². The molecule has 2 aliphatic heterocycles. The number of aromatic nitrogens is 4. The minimum Gasteiger partial charge on any atom is -0.506 e. The van der Waals surface area contributed by atoms with Crippen molar-refractivity contribution in [1.29, 1.82) is 0 Å². The Bertz CT molecular complexity index is 1770. The van der Waals surface area contributed by atoms with Gasteiger partial charge < -0.3 is 34.8 Å². The fraction of sp³-hybridized carbons (Fsp3) is 0.387. The summed E-state index contributed by atoms with van der Waals surface area (Å²) in [7, 11) is 1.57. The third-order valence-electron chi connectivity index (χ3n) is 8.62. The average molecular weight is 758 g/mol. The van der Waals surface area contributed by atoms with E-state index in [2.05, 4.69) is 57.0 Å². The zero-order chi connectivity index (χ0) is 32.4. The van der Waals surface area contributed by atoms with Crippen molar-refractivity contribution < 1.29 is 19.4 Å². The molecule has 0 bridgehead atoms. The van der Waals surface area contributed by atoms with E-state index < -0.39 is 6.04 Å². The molecule has 3 amide bonds. The number of aromatic amines is 1. The van der Waals surface area contributed by atoms with Crippen LogP contribution >= 0.6 is 31.9 Å². The van der Waals surface area contributed by atoms with Crippen LogP contribution in [0.25, 0.3) is 11.0 Å². The second-order valence-corrected chi connectivity index (χ2v) is 13.1. The molecule has 46 heavy (non-hydrogen) atoms. The molecule has 6 rings (SSSR count). The molecule has 2 aliphatic rings. The molecular formula is C31H34Br2N8O5. The number of ether oxygens (including phenoxy) is 1. The highest BCUT2D eigenvalue weighted by molar-refractivity contribution is 9.11. The highest BCUT2D eigenvalue weighted by Gasteiger charge is 2.33. The quantitative estimate of drug-likeness (QED) is 0.259. The number of anilines is 1. The summed E-state index contributed by atoms with van der Waals surface area (Å²) in [6.07, 6.45) is 4.53. The summed E-state index contributed by atoms with van der Waals surface area (Å²) in [5.74, 6) is 1.10. The number of para-hydroxylation sites is 2. The third kappa shape index (κ3) is 6.56. The van der Waals surface area contributed by atoms with Crippen LogP contribution in [0.3, 0.4) is 0 Å². The first-order valence-corrected chi connectivity index (χ1v) is 16.6. The van der Waals surface area contributed by atoms with Crippen molar-refractivity contribution in [3.8, 4) is 11.5 Å². The summed E-state index contributed by atoms with van der Waals surface area (Å²) < 4.78 is 8.17. The van der Waals surface area contributed by atoms with Crippen LogP contribution in [0.1, 0.15) is 24.4 Å². The Labute approximate surface area is 281 Å². The maximum Gasteiger partial charge on any atom is 0.326 e. The third-order valence-corrected chi connectivity index (χ3v) is 9.83. The number of piperazine rings is 1. The highest BCUT2D eigenvalue weighted by atomic mass is 79.9. The molecule has 2 fully saturated rings. The SMILES string of the molecule is COc1cncnc1N1CCN(C(=O)[C@@H](Cc2cc(Br)c(O)c(Br)c2)NC(=O)N2CCC(n3c(=O)[nH]c4ccccc43)CC2)CC1. The van der Waals surface area contributed by atoms with E-state index >= 15 is 0 Å². The molecule has 2 aromatic carbocycles. The molecule has 0 saturated carbocycles. The van der Waals surface area contributed by atoms with Gasteiger partial charge in [-0.15, -0.1) is 0 Å². The predicted molar refractivity (Wildman–Crippen MR) is 179 cm³/mol. The summed E-state index contributed by atoms with van der Waals surface area (Å²) in [5.41, 5.74) is 2.25. The Morgan fingerprint density at radius 2 is 1.76 bits per heavy atom. The van der Waals surface area contributed by atoms with E-state index in [-0.39, 0.29) is 35.8 Å². The second-order valence-electron chi connectivity index (χ2n) is 11.4. The number of aromatic hydroxyl groups is 1. The molecule has 4 heterocycles. The Morgan fingerprint density at radius 3 is 2.46 bits per heavy atom. The lowest BCUT2D eigenvalue weighted by Gasteiger charge is -2.38. The maximum absolute atomic E-state index is 14.0. The van der Waals surface area contributed by atoms with Crippen molar-refractivity contribution in [2.45, 2.75) is 31.3 Å². The van der Waals surface area contributed by atoms with Gasteiger partial charge in [-0.1, -0.05) is 12.1 Å². The lowest BCUT2D eigenvalue weighted by molar-refractivity contribution is -0.133. The van der Waals surface area contributed by atoms with Crippen molar-refractivity contribution in [2.24, 2.45) is 0 Å². The van der Waals surface area contributed by atoms with Crippen LogP contribution in [0.5, 0.6) is 11.5 Å². The van der Waals surface area contributed by atoms with Gasteiger partial charge in [0, 0.05) is 51.7 Å². The van der Waals surface area contributed by atoms with Crippen molar-refractivity contribution in [2.75, 3.05) is 51.3 Å². The van der Waals surface area contributed by atoms with Crippen LogP contribution in [-0.2, 0) is 11.2 Å². The van der Waals surface area contributed by atoms with Crippen LogP contribution in [0.2, 0.25) is 0 Å².